The minimum Gasteiger partial charge on any atom is -0.495 e. The number of nitrogens with zero attached hydrogens (tertiary/aromatic N) is 1. The molecule has 1 amide bonds. The van der Waals surface area contributed by atoms with Crippen molar-refractivity contribution < 1.29 is 9.53 Å². The predicted molar refractivity (Wildman–Crippen MR) is 76.5 cm³/mol. The van der Waals surface area contributed by atoms with E-state index in [0.717, 1.165) is 18.6 Å². The van der Waals surface area contributed by atoms with Crippen molar-refractivity contribution in [2.24, 2.45) is 5.41 Å². The highest BCUT2D eigenvalue weighted by Gasteiger charge is 2.42. The molecule has 0 spiro atoms. The van der Waals surface area contributed by atoms with E-state index in [1.165, 1.54) is 7.11 Å². The summed E-state index contributed by atoms with van der Waals surface area (Å²) in [7, 11) is 1.52. The van der Waals surface area contributed by atoms with Crippen LogP contribution < -0.4 is 10.1 Å². The summed E-state index contributed by atoms with van der Waals surface area (Å²) in [6.45, 7) is 0. The van der Waals surface area contributed by atoms with Crippen LogP contribution in [-0.4, -0.2) is 18.8 Å². The molecule has 0 unspecified atom stereocenters. The molecule has 0 aromatic heterocycles. The lowest BCUT2D eigenvalue weighted by Gasteiger charge is -2.13. The summed E-state index contributed by atoms with van der Waals surface area (Å²) in [5, 5.41) is 11.7. The molecule has 100 valence electrons. The molecule has 1 fully saturated rings. The second-order valence-electron chi connectivity index (χ2n) is 4.91. The van der Waals surface area contributed by atoms with E-state index in [-0.39, 0.29) is 11.3 Å². The van der Waals surface area contributed by atoms with Crippen LogP contribution in [0.1, 0.15) is 24.8 Å². The first-order chi connectivity index (χ1) is 9.12. The third kappa shape index (κ3) is 3.21. The largest absolute Gasteiger partial charge is 0.495 e. The Morgan fingerprint density at radius 1 is 1.58 bits per heavy atom. The molecule has 5 heteroatoms. The van der Waals surface area contributed by atoms with Gasteiger partial charge in [-0.1, -0.05) is 0 Å². The molecule has 19 heavy (non-hydrogen) atoms. The molecule has 0 radical (unpaired) electrons. The molecule has 1 aliphatic rings. The summed E-state index contributed by atoms with van der Waals surface area (Å²) >= 11 is 4.29. The summed E-state index contributed by atoms with van der Waals surface area (Å²) in [4.78, 5) is 12.0. The van der Waals surface area contributed by atoms with Crippen molar-refractivity contribution in [2.75, 3.05) is 18.2 Å². The SMILES string of the molecule is COc1cc(C#N)ccc1NC(=O)CC1(CS)CC1. The van der Waals surface area contributed by atoms with E-state index in [4.69, 9.17) is 10.00 Å². The van der Waals surface area contributed by atoms with Crippen molar-refractivity contribution in [1.29, 1.82) is 5.26 Å². The monoisotopic (exact) mass is 276 g/mol. The van der Waals surface area contributed by atoms with Gasteiger partial charge in [-0.2, -0.15) is 17.9 Å². The van der Waals surface area contributed by atoms with Gasteiger partial charge < -0.3 is 10.1 Å². The van der Waals surface area contributed by atoms with Gasteiger partial charge in [0.1, 0.15) is 5.75 Å². The summed E-state index contributed by atoms with van der Waals surface area (Å²) in [5.74, 6) is 1.21. The van der Waals surface area contributed by atoms with Crippen LogP contribution in [-0.2, 0) is 4.79 Å². The Hall–Kier alpha value is -1.67. The molecule has 0 saturated heterocycles. The molecule has 1 N–H and O–H groups in total. The molecule has 0 aliphatic heterocycles. The first kappa shape index (κ1) is 13.8. The molecule has 4 nitrogen and oxygen atoms in total. The van der Waals surface area contributed by atoms with Crippen LogP contribution in [0.25, 0.3) is 0 Å². The maximum absolute atomic E-state index is 12.0. The molecule has 1 aromatic carbocycles. The van der Waals surface area contributed by atoms with Crippen molar-refractivity contribution in [1.82, 2.24) is 0 Å². The van der Waals surface area contributed by atoms with Crippen molar-refractivity contribution in [3.8, 4) is 11.8 Å². The van der Waals surface area contributed by atoms with Crippen molar-refractivity contribution in [3.05, 3.63) is 23.8 Å². The normalized spacial score (nSPS) is 15.4. The molecule has 0 heterocycles. The highest BCUT2D eigenvalue weighted by Crippen LogP contribution is 2.49. The van der Waals surface area contributed by atoms with Gasteiger partial charge in [0.05, 0.1) is 24.4 Å². The van der Waals surface area contributed by atoms with Crippen LogP contribution >= 0.6 is 12.6 Å². The highest BCUT2D eigenvalue weighted by atomic mass is 32.1. The minimum absolute atomic E-state index is 0.0328. The van der Waals surface area contributed by atoms with E-state index < -0.39 is 0 Å². The maximum atomic E-state index is 12.0. The fourth-order valence-electron chi connectivity index (χ4n) is 1.97. The molecule has 0 bridgehead atoms. The van der Waals surface area contributed by atoms with Gasteiger partial charge in [-0.25, -0.2) is 0 Å². The number of rotatable bonds is 5. The average molecular weight is 276 g/mol. The first-order valence-corrected chi connectivity index (χ1v) is 6.74. The van der Waals surface area contributed by atoms with Gasteiger partial charge in [0.2, 0.25) is 5.91 Å². The number of hydrogen-bond donors (Lipinski definition) is 2. The van der Waals surface area contributed by atoms with Crippen LogP contribution in [0.4, 0.5) is 5.69 Å². The van der Waals surface area contributed by atoms with Gasteiger partial charge in [-0.05, 0) is 36.1 Å². The summed E-state index contributed by atoms with van der Waals surface area (Å²) < 4.78 is 5.18. The number of nitrogens with one attached hydrogen (secondary N) is 1. The quantitative estimate of drug-likeness (QED) is 0.813. The van der Waals surface area contributed by atoms with Gasteiger partial charge in [0, 0.05) is 12.5 Å². The lowest BCUT2D eigenvalue weighted by atomic mass is 10.0. The Labute approximate surface area is 118 Å². The standard InChI is InChI=1S/C14H16N2O2S/c1-18-12-6-10(8-15)2-3-11(12)16-13(17)7-14(9-19)4-5-14/h2-3,6,19H,4-5,7,9H2,1H3,(H,16,17). The van der Waals surface area contributed by atoms with Gasteiger partial charge in [-0.3, -0.25) is 4.79 Å². The highest BCUT2D eigenvalue weighted by molar-refractivity contribution is 7.80. The van der Waals surface area contributed by atoms with Gasteiger partial charge in [-0.15, -0.1) is 0 Å². The van der Waals surface area contributed by atoms with E-state index in [9.17, 15) is 4.79 Å². The fraction of sp³-hybridized carbons (Fsp3) is 0.429. The third-order valence-corrected chi connectivity index (χ3v) is 4.10. The lowest BCUT2D eigenvalue weighted by Crippen LogP contribution is -2.18. The summed E-state index contributed by atoms with van der Waals surface area (Å²) in [6, 6.07) is 7.00. The fourth-order valence-corrected chi connectivity index (χ4v) is 2.39. The molecular weight excluding hydrogens is 260 g/mol. The van der Waals surface area contributed by atoms with Crippen LogP contribution in [0.15, 0.2) is 18.2 Å². The Morgan fingerprint density at radius 3 is 2.84 bits per heavy atom. The average Bonchev–Trinajstić information content (AvgIpc) is 3.19. The predicted octanol–water partition coefficient (Wildman–Crippen LogP) is 2.61. The summed E-state index contributed by atoms with van der Waals surface area (Å²) in [5.41, 5.74) is 1.19. The number of nitriles is 1. The van der Waals surface area contributed by atoms with Gasteiger partial charge in [0.25, 0.3) is 0 Å². The van der Waals surface area contributed by atoms with Crippen LogP contribution in [0.2, 0.25) is 0 Å². The molecule has 1 saturated carbocycles. The Morgan fingerprint density at radius 2 is 2.32 bits per heavy atom. The molecule has 1 aliphatic carbocycles. The molecule has 2 rings (SSSR count). The number of carbonyl (C=O) groups is 1. The Balaban J connectivity index is 2.06. The van der Waals surface area contributed by atoms with Crippen molar-refractivity contribution >= 4 is 24.2 Å². The first-order valence-electron chi connectivity index (χ1n) is 6.11. The van der Waals surface area contributed by atoms with E-state index in [1.54, 1.807) is 18.2 Å². The Bertz CT molecular complexity index is 533. The van der Waals surface area contributed by atoms with Crippen molar-refractivity contribution in [3.63, 3.8) is 0 Å². The Kier molecular flexibility index (Phi) is 4.01. The second kappa shape index (κ2) is 5.54. The van der Waals surface area contributed by atoms with Crippen LogP contribution in [0.3, 0.4) is 0 Å². The molecular formula is C14H16N2O2S. The molecule has 1 aromatic rings. The van der Waals surface area contributed by atoms with E-state index >= 15 is 0 Å². The molecule has 0 atom stereocenters. The van der Waals surface area contributed by atoms with Gasteiger partial charge in [0.15, 0.2) is 0 Å². The number of anilines is 1. The number of methoxy groups -OCH3 is 1. The zero-order valence-corrected chi connectivity index (χ0v) is 11.7. The van der Waals surface area contributed by atoms with Gasteiger partial charge >= 0.3 is 0 Å². The smallest absolute Gasteiger partial charge is 0.225 e. The topological polar surface area (TPSA) is 62.1 Å². The van der Waals surface area contributed by atoms with Crippen LogP contribution in [0, 0.1) is 16.7 Å². The number of amides is 1. The zero-order valence-electron chi connectivity index (χ0n) is 10.8. The van der Waals surface area contributed by atoms with E-state index in [2.05, 4.69) is 17.9 Å². The second-order valence-corrected chi connectivity index (χ2v) is 5.23. The van der Waals surface area contributed by atoms with E-state index in [0.29, 0.717) is 23.4 Å². The zero-order chi connectivity index (χ0) is 13.9. The number of hydrogen-bond acceptors (Lipinski definition) is 4. The number of benzene rings is 1. The number of carbonyl (C=O) groups excluding carboxylic acids is 1. The minimum atomic E-state index is -0.0328. The summed E-state index contributed by atoms with van der Waals surface area (Å²) in [6.07, 6.45) is 2.61. The van der Waals surface area contributed by atoms with Crippen molar-refractivity contribution in [2.45, 2.75) is 19.3 Å². The third-order valence-electron chi connectivity index (χ3n) is 3.43. The lowest BCUT2D eigenvalue weighted by molar-refractivity contribution is -0.117. The maximum Gasteiger partial charge on any atom is 0.225 e. The van der Waals surface area contributed by atoms with Crippen LogP contribution in [0.5, 0.6) is 5.75 Å². The number of ether oxygens (including phenoxy) is 1. The van der Waals surface area contributed by atoms with E-state index in [1.807, 2.05) is 6.07 Å². The number of thiol groups is 1.